The van der Waals surface area contributed by atoms with Gasteiger partial charge in [0.2, 0.25) is 0 Å². The largest absolute Gasteiger partial charge is 0.497 e. The Morgan fingerprint density at radius 1 is 1.24 bits per heavy atom. The number of carbonyl (C=O) groups excluding carboxylic acids is 1. The minimum absolute atomic E-state index is 0.00745. The highest BCUT2D eigenvalue weighted by Crippen LogP contribution is 2.35. The first-order valence-corrected chi connectivity index (χ1v) is 7.64. The molecule has 0 aromatic heterocycles. The molecular weight excluding hydrogens is 322 g/mol. The third-order valence-electron chi connectivity index (χ3n) is 4.10. The number of nitrogens with zero attached hydrogens (tertiary/aromatic N) is 2. The second kappa shape index (κ2) is 6.64. The number of benzene rings is 2. The van der Waals surface area contributed by atoms with E-state index < -0.39 is 11.1 Å². The van der Waals surface area contributed by atoms with E-state index in [0.29, 0.717) is 17.0 Å². The zero-order valence-corrected chi connectivity index (χ0v) is 13.8. The summed E-state index contributed by atoms with van der Waals surface area (Å²) in [5, 5.41) is 14.2. The van der Waals surface area contributed by atoms with Crippen LogP contribution >= 0.6 is 0 Å². The molecule has 1 unspecified atom stereocenters. The average molecular weight is 339 g/mol. The Bertz CT molecular complexity index is 846. The highest BCUT2D eigenvalue weighted by molar-refractivity contribution is 5.95. The summed E-state index contributed by atoms with van der Waals surface area (Å²) >= 11 is 0. The monoisotopic (exact) mass is 339 g/mol. The Kier molecular flexibility index (Phi) is 4.38. The van der Waals surface area contributed by atoms with Gasteiger partial charge in [-0.1, -0.05) is 18.2 Å². The van der Waals surface area contributed by atoms with E-state index >= 15 is 0 Å². The summed E-state index contributed by atoms with van der Waals surface area (Å²) in [5.41, 5.74) is 1.71. The molecular formula is C18H17N3O4. The number of likely N-dealkylation sites (N-methyl/N-ethyl adjacent to an activating group) is 1. The molecule has 3 rings (SSSR count). The van der Waals surface area contributed by atoms with Crippen molar-refractivity contribution in [3.63, 3.8) is 0 Å². The van der Waals surface area contributed by atoms with Crippen LogP contribution < -0.4 is 15.0 Å². The minimum Gasteiger partial charge on any atom is -0.497 e. The molecule has 2 aromatic carbocycles. The van der Waals surface area contributed by atoms with Crippen LogP contribution in [0.2, 0.25) is 0 Å². The van der Waals surface area contributed by atoms with Gasteiger partial charge in [-0.15, -0.1) is 0 Å². The number of nitrogens with one attached hydrogen (secondary N) is 1. The van der Waals surface area contributed by atoms with Crippen molar-refractivity contribution in [2.75, 3.05) is 19.1 Å². The first-order chi connectivity index (χ1) is 12.0. The molecule has 0 fully saturated rings. The van der Waals surface area contributed by atoms with Crippen molar-refractivity contribution in [1.82, 2.24) is 5.32 Å². The molecule has 1 amide bonds. The highest BCUT2D eigenvalue weighted by Gasteiger charge is 2.28. The van der Waals surface area contributed by atoms with E-state index in [2.05, 4.69) is 5.32 Å². The van der Waals surface area contributed by atoms with E-state index in [4.69, 9.17) is 4.74 Å². The molecule has 0 aliphatic carbocycles. The van der Waals surface area contributed by atoms with E-state index in [1.165, 1.54) is 6.07 Å². The first-order valence-electron chi connectivity index (χ1n) is 7.64. The first kappa shape index (κ1) is 16.5. The number of methoxy groups -OCH3 is 1. The van der Waals surface area contributed by atoms with Crippen molar-refractivity contribution in [2.24, 2.45) is 0 Å². The Hall–Kier alpha value is -3.35. The fourth-order valence-corrected chi connectivity index (χ4v) is 2.78. The summed E-state index contributed by atoms with van der Waals surface area (Å²) < 4.78 is 5.08. The van der Waals surface area contributed by atoms with Gasteiger partial charge in [0.25, 0.3) is 11.6 Å². The molecule has 25 heavy (non-hydrogen) atoms. The molecule has 0 saturated carbocycles. The third-order valence-corrected chi connectivity index (χ3v) is 4.10. The molecule has 1 N–H and O–H groups in total. The number of ether oxygens (including phenoxy) is 1. The van der Waals surface area contributed by atoms with Crippen LogP contribution in [0.1, 0.15) is 15.9 Å². The molecule has 2 aromatic rings. The average Bonchev–Trinajstić information content (AvgIpc) is 2.63. The zero-order valence-electron chi connectivity index (χ0n) is 13.8. The van der Waals surface area contributed by atoms with Crippen LogP contribution in [0, 0.1) is 10.1 Å². The van der Waals surface area contributed by atoms with Crippen molar-refractivity contribution in [2.45, 2.75) is 6.17 Å². The van der Waals surface area contributed by atoms with Gasteiger partial charge in [-0.2, -0.15) is 0 Å². The lowest BCUT2D eigenvalue weighted by atomic mass is 10.0. The SMILES string of the molecule is COc1ccc(C(=O)NC2C=Cc3cccc([N+](=O)[O-])c3N2C)cc1. The third kappa shape index (κ3) is 3.16. The van der Waals surface area contributed by atoms with Crippen molar-refractivity contribution in [1.29, 1.82) is 0 Å². The Morgan fingerprint density at radius 3 is 2.60 bits per heavy atom. The molecule has 1 aliphatic rings. The smallest absolute Gasteiger partial charge is 0.293 e. The lowest BCUT2D eigenvalue weighted by Gasteiger charge is -2.32. The molecule has 1 heterocycles. The van der Waals surface area contributed by atoms with E-state index in [-0.39, 0.29) is 11.6 Å². The van der Waals surface area contributed by atoms with Crippen molar-refractivity contribution < 1.29 is 14.5 Å². The number of hydrogen-bond acceptors (Lipinski definition) is 5. The lowest BCUT2D eigenvalue weighted by molar-refractivity contribution is -0.384. The molecule has 7 nitrogen and oxygen atoms in total. The van der Waals surface area contributed by atoms with Crippen LogP contribution in [-0.4, -0.2) is 31.2 Å². The zero-order chi connectivity index (χ0) is 18.0. The predicted molar refractivity (Wildman–Crippen MR) is 94.8 cm³/mol. The quantitative estimate of drug-likeness (QED) is 0.684. The van der Waals surface area contributed by atoms with Gasteiger partial charge >= 0.3 is 0 Å². The molecule has 1 aliphatic heterocycles. The topological polar surface area (TPSA) is 84.7 Å². The lowest BCUT2D eigenvalue weighted by Crippen LogP contribution is -2.46. The predicted octanol–water partition coefficient (Wildman–Crippen LogP) is 2.82. The molecule has 0 saturated heterocycles. The molecule has 128 valence electrons. The Balaban J connectivity index is 1.83. The Labute approximate surface area is 144 Å². The van der Waals surface area contributed by atoms with Crippen molar-refractivity contribution >= 4 is 23.4 Å². The van der Waals surface area contributed by atoms with Gasteiger partial charge in [0.05, 0.1) is 12.0 Å². The van der Waals surface area contributed by atoms with E-state index in [1.54, 1.807) is 67.6 Å². The van der Waals surface area contributed by atoms with Crippen LogP contribution in [0.3, 0.4) is 0 Å². The summed E-state index contributed by atoms with van der Waals surface area (Å²) in [6, 6.07) is 11.6. The summed E-state index contributed by atoms with van der Waals surface area (Å²) in [6.07, 6.45) is 3.10. The maximum absolute atomic E-state index is 12.4. The fraction of sp³-hybridized carbons (Fsp3) is 0.167. The molecule has 1 atom stereocenters. The number of rotatable bonds is 4. The number of nitro groups is 1. The molecule has 7 heteroatoms. The van der Waals surface area contributed by atoms with Crippen LogP contribution in [0.5, 0.6) is 5.75 Å². The maximum Gasteiger partial charge on any atom is 0.293 e. The van der Waals surface area contributed by atoms with Crippen LogP contribution in [0.15, 0.2) is 48.5 Å². The number of amides is 1. The van der Waals surface area contributed by atoms with Crippen LogP contribution in [-0.2, 0) is 0 Å². The number of anilines is 1. The summed E-state index contributed by atoms with van der Waals surface area (Å²) in [7, 11) is 3.27. The Morgan fingerprint density at radius 2 is 1.96 bits per heavy atom. The second-order valence-electron chi connectivity index (χ2n) is 5.59. The molecule has 0 bridgehead atoms. The van der Waals surface area contributed by atoms with E-state index in [1.807, 2.05) is 0 Å². The summed E-state index contributed by atoms with van der Waals surface area (Å²) in [5.74, 6) is 0.391. The number of fused-ring (bicyclic) bond motifs is 1. The van der Waals surface area contributed by atoms with Gasteiger partial charge < -0.3 is 15.0 Å². The normalized spacial score (nSPS) is 15.4. The van der Waals surface area contributed by atoms with E-state index in [9.17, 15) is 14.9 Å². The standard InChI is InChI=1S/C18H17N3O4/c1-20-16(19-18(22)13-6-9-14(25-2)10-7-13)11-8-12-4-3-5-15(17(12)20)21(23)24/h3-11,16H,1-2H3,(H,19,22). The number of para-hydroxylation sites is 1. The fourth-order valence-electron chi connectivity index (χ4n) is 2.78. The summed E-state index contributed by atoms with van der Waals surface area (Å²) in [6.45, 7) is 0. The minimum atomic E-state index is -0.483. The van der Waals surface area contributed by atoms with Gasteiger partial charge in [0, 0.05) is 24.2 Å². The maximum atomic E-state index is 12.4. The molecule has 0 radical (unpaired) electrons. The van der Waals surface area contributed by atoms with Crippen LogP contribution in [0.25, 0.3) is 6.08 Å². The highest BCUT2D eigenvalue weighted by atomic mass is 16.6. The number of nitro benzene ring substituents is 1. The van der Waals surface area contributed by atoms with Gasteiger partial charge in [-0.05, 0) is 30.3 Å². The van der Waals surface area contributed by atoms with Gasteiger partial charge in [0.1, 0.15) is 17.6 Å². The van der Waals surface area contributed by atoms with Gasteiger partial charge in [-0.3, -0.25) is 14.9 Å². The number of carbonyl (C=O) groups is 1. The van der Waals surface area contributed by atoms with Crippen molar-refractivity contribution in [3.8, 4) is 5.75 Å². The van der Waals surface area contributed by atoms with Crippen molar-refractivity contribution in [3.05, 3.63) is 69.8 Å². The van der Waals surface area contributed by atoms with Gasteiger partial charge in [-0.25, -0.2) is 0 Å². The summed E-state index contributed by atoms with van der Waals surface area (Å²) in [4.78, 5) is 25.0. The van der Waals surface area contributed by atoms with E-state index in [0.717, 1.165) is 5.56 Å². The molecule has 0 spiro atoms. The second-order valence-corrected chi connectivity index (χ2v) is 5.59. The number of hydrogen-bond donors (Lipinski definition) is 1. The van der Waals surface area contributed by atoms with Crippen LogP contribution in [0.4, 0.5) is 11.4 Å². The van der Waals surface area contributed by atoms with Gasteiger partial charge in [0.15, 0.2) is 0 Å².